The normalized spacial score (nSPS) is 10.3. The minimum Gasteiger partial charge on any atom is -0.366 e. The smallest absolute Gasteiger partial charge is 0.229 e. The van der Waals surface area contributed by atoms with Gasteiger partial charge in [-0.3, -0.25) is 0 Å². The molecule has 4 aromatic rings. The van der Waals surface area contributed by atoms with Gasteiger partial charge in [-0.05, 0) is 30.3 Å². The maximum Gasteiger partial charge on any atom is 0.229 e. The van der Waals surface area contributed by atoms with Gasteiger partial charge < -0.3 is 10.6 Å². The van der Waals surface area contributed by atoms with Crippen LogP contribution in [0.25, 0.3) is 11.3 Å². The molecule has 0 bridgehead atoms. The summed E-state index contributed by atoms with van der Waals surface area (Å²) in [6.07, 6.45) is 0. The van der Waals surface area contributed by atoms with E-state index < -0.39 is 0 Å². The maximum absolute atomic E-state index is 14.0. The Balaban J connectivity index is 1.63. The summed E-state index contributed by atoms with van der Waals surface area (Å²) >= 11 is 0. The van der Waals surface area contributed by atoms with E-state index in [-0.39, 0.29) is 5.82 Å². The number of nitriles is 1. The average molecular weight is 395 g/mol. The highest BCUT2D eigenvalue weighted by molar-refractivity contribution is 5.66. The van der Waals surface area contributed by atoms with Crippen molar-refractivity contribution in [1.82, 2.24) is 9.97 Å². The van der Waals surface area contributed by atoms with Crippen LogP contribution in [0.15, 0.2) is 84.9 Å². The SMILES string of the molecule is N#Cc1ccc(Nc2nc(NCc3ccccc3F)cc(-c3ccccc3)n2)cc1. The Bertz CT molecular complexity index is 1180. The van der Waals surface area contributed by atoms with Gasteiger partial charge in [-0.2, -0.15) is 10.2 Å². The summed E-state index contributed by atoms with van der Waals surface area (Å²) in [5.74, 6) is 0.707. The third-order valence-electron chi connectivity index (χ3n) is 4.48. The fraction of sp³-hybridized carbons (Fsp3) is 0.0417. The quantitative estimate of drug-likeness (QED) is 0.450. The van der Waals surface area contributed by atoms with Crippen LogP contribution in [0.4, 0.5) is 21.8 Å². The molecule has 4 rings (SSSR count). The first-order valence-electron chi connectivity index (χ1n) is 9.40. The van der Waals surface area contributed by atoms with Gasteiger partial charge in [0, 0.05) is 29.4 Å². The second-order valence-corrected chi connectivity index (χ2v) is 6.59. The van der Waals surface area contributed by atoms with Gasteiger partial charge in [-0.15, -0.1) is 0 Å². The highest BCUT2D eigenvalue weighted by Crippen LogP contribution is 2.24. The molecule has 146 valence electrons. The molecule has 1 heterocycles. The second kappa shape index (κ2) is 8.84. The van der Waals surface area contributed by atoms with Crippen LogP contribution in [0.5, 0.6) is 0 Å². The van der Waals surface area contributed by atoms with E-state index in [4.69, 9.17) is 5.26 Å². The first kappa shape index (κ1) is 19.1. The van der Waals surface area contributed by atoms with Crippen LogP contribution in [0.3, 0.4) is 0 Å². The molecule has 0 amide bonds. The molecule has 2 N–H and O–H groups in total. The summed E-state index contributed by atoms with van der Waals surface area (Å²) in [6.45, 7) is 0.300. The highest BCUT2D eigenvalue weighted by Gasteiger charge is 2.09. The predicted molar refractivity (Wildman–Crippen MR) is 116 cm³/mol. The van der Waals surface area contributed by atoms with E-state index in [9.17, 15) is 4.39 Å². The van der Waals surface area contributed by atoms with Crippen molar-refractivity contribution in [1.29, 1.82) is 5.26 Å². The number of rotatable bonds is 6. The lowest BCUT2D eigenvalue weighted by Crippen LogP contribution is -2.06. The van der Waals surface area contributed by atoms with Gasteiger partial charge in [-0.1, -0.05) is 48.5 Å². The van der Waals surface area contributed by atoms with Crippen molar-refractivity contribution in [2.45, 2.75) is 6.54 Å². The monoisotopic (exact) mass is 395 g/mol. The van der Waals surface area contributed by atoms with Crippen LogP contribution in [-0.2, 0) is 6.54 Å². The predicted octanol–water partition coefficient (Wildman–Crippen LogP) is 5.51. The number of benzene rings is 3. The van der Waals surface area contributed by atoms with Crippen LogP contribution < -0.4 is 10.6 Å². The maximum atomic E-state index is 14.0. The average Bonchev–Trinajstić information content (AvgIpc) is 2.79. The number of hydrogen-bond acceptors (Lipinski definition) is 5. The van der Waals surface area contributed by atoms with E-state index in [0.717, 1.165) is 16.9 Å². The molecule has 0 radical (unpaired) electrons. The molecule has 0 saturated heterocycles. The zero-order valence-corrected chi connectivity index (χ0v) is 16.0. The number of halogens is 1. The van der Waals surface area contributed by atoms with E-state index >= 15 is 0 Å². The highest BCUT2D eigenvalue weighted by atomic mass is 19.1. The van der Waals surface area contributed by atoms with Gasteiger partial charge in [-0.25, -0.2) is 9.37 Å². The second-order valence-electron chi connectivity index (χ2n) is 6.59. The summed E-state index contributed by atoms with van der Waals surface area (Å²) in [6, 6.07) is 27.4. The van der Waals surface area contributed by atoms with Crippen molar-refractivity contribution in [3.8, 4) is 17.3 Å². The Morgan fingerprint density at radius 1 is 0.867 bits per heavy atom. The first-order valence-corrected chi connectivity index (χ1v) is 9.40. The molecular formula is C24H18FN5. The Labute approximate surface area is 173 Å². The molecule has 0 aliphatic rings. The van der Waals surface area contributed by atoms with Gasteiger partial charge in [0.1, 0.15) is 11.6 Å². The number of anilines is 3. The summed E-state index contributed by atoms with van der Waals surface area (Å²) in [7, 11) is 0. The standard InChI is InChI=1S/C24H18FN5/c25-21-9-5-4-8-19(21)16-27-23-14-22(18-6-2-1-3-7-18)29-24(30-23)28-20-12-10-17(15-26)11-13-20/h1-14H,16H2,(H2,27,28,29,30). The van der Waals surface area contributed by atoms with Crippen molar-refractivity contribution >= 4 is 17.5 Å². The van der Waals surface area contributed by atoms with Gasteiger partial charge >= 0.3 is 0 Å². The van der Waals surface area contributed by atoms with Crippen molar-refractivity contribution in [3.05, 3.63) is 102 Å². The van der Waals surface area contributed by atoms with Crippen molar-refractivity contribution < 1.29 is 4.39 Å². The van der Waals surface area contributed by atoms with E-state index in [1.807, 2.05) is 36.4 Å². The fourth-order valence-corrected chi connectivity index (χ4v) is 2.94. The summed E-state index contributed by atoms with van der Waals surface area (Å²) in [4.78, 5) is 9.13. The van der Waals surface area contributed by atoms with Crippen LogP contribution in [0.1, 0.15) is 11.1 Å². The molecule has 3 aromatic carbocycles. The topological polar surface area (TPSA) is 73.6 Å². The Morgan fingerprint density at radius 2 is 1.60 bits per heavy atom. The third-order valence-corrected chi connectivity index (χ3v) is 4.48. The van der Waals surface area contributed by atoms with Crippen LogP contribution in [0.2, 0.25) is 0 Å². The zero-order valence-electron chi connectivity index (χ0n) is 16.0. The molecule has 0 aliphatic heterocycles. The van der Waals surface area contributed by atoms with Crippen LogP contribution in [-0.4, -0.2) is 9.97 Å². The summed E-state index contributed by atoms with van der Waals surface area (Å²) in [5, 5.41) is 15.3. The molecule has 1 aromatic heterocycles. The van der Waals surface area contributed by atoms with Crippen molar-refractivity contribution in [2.24, 2.45) is 0 Å². The first-order chi connectivity index (χ1) is 14.7. The zero-order chi connectivity index (χ0) is 20.8. The fourth-order valence-electron chi connectivity index (χ4n) is 2.94. The Kier molecular flexibility index (Phi) is 5.63. The molecule has 0 fully saturated rings. The Hall–Kier alpha value is -4.24. The molecule has 6 heteroatoms. The van der Waals surface area contributed by atoms with E-state index in [1.165, 1.54) is 6.07 Å². The summed E-state index contributed by atoms with van der Waals surface area (Å²) in [5.41, 5.74) is 3.57. The van der Waals surface area contributed by atoms with E-state index in [1.54, 1.807) is 42.5 Å². The lowest BCUT2D eigenvalue weighted by atomic mass is 10.1. The molecular weight excluding hydrogens is 377 g/mol. The number of aromatic nitrogens is 2. The molecule has 0 saturated carbocycles. The minimum atomic E-state index is -0.265. The third kappa shape index (κ3) is 4.59. The lowest BCUT2D eigenvalue weighted by molar-refractivity contribution is 0.613. The van der Waals surface area contributed by atoms with E-state index in [2.05, 4.69) is 26.7 Å². The van der Waals surface area contributed by atoms with Crippen LogP contribution in [0, 0.1) is 17.1 Å². The number of nitrogens with zero attached hydrogens (tertiary/aromatic N) is 3. The largest absolute Gasteiger partial charge is 0.366 e. The number of nitrogens with one attached hydrogen (secondary N) is 2. The summed E-state index contributed by atoms with van der Waals surface area (Å²) < 4.78 is 14.0. The molecule has 0 aliphatic carbocycles. The molecule has 0 spiro atoms. The molecule has 0 atom stereocenters. The lowest BCUT2D eigenvalue weighted by Gasteiger charge is -2.12. The molecule has 0 unspecified atom stereocenters. The minimum absolute atomic E-state index is 0.265. The number of hydrogen-bond donors (Lipinski definition) is 2. The van der Waals surface area contributed by atoms with Crippen molar-refractivity contribution in [2.75, 3.05) is 10.6 Å². The Morgan fingerprint density at radius 3 is 2.33 bits per heavy atom. The van der Waals surface area contributed by atoms with Gasteiger partial charge in [0.2, 0.25) is 5.95 Å². The van der Waals surface area contributed by atoms with E-state index in [0.29, 0.717) is 29.4 Å². The van der Waals surface area contributed by atoms with Gasteiger partial charge in [0.15, 0.2) is 0 Å². The van der Waals surface area contributed by atoms with Gasteiger partial charge in [0.25, 0.3) is 0 Å². The van der Waals surface area contributed by atoms with Crippen LogP contribution >= 0.6 is 0 Å². The molecule has 5 nitrogen and oxygen atoms in total. The van der Waals surface area contributed by atoms with Gasteiger partial charge in [0.05, 0.1) is 17.3 Å². The van der Waals surface area contributed by atoms with Crippen molar-refractivity contribution in [3.63, 3.8) is 0 Å². The molecule has 30 heavy (non-hydrogen) atoms.